The number of aliphatic hydroxyl groups is 15. The van der Waals surface area contributed by atoms with Crippen molar-refractivity contribution in [3.8, 4) is 0 Å². The van der Waals surface area contributed by atoms with Crippen molar-refractivity contribution >= 4 is 5.97 Å². The van der Waals surface area contributed by atoms with Gasteiger partial charge in [-0.3, -0.25) is 4.79 Å². The Morgan fingerprint density at radius 3 is 1.42 bits per heavy atom. The molecule has 2 fully saturated rings. The van der Waals surface area contributed by atoms with Gasteiger partial charge in [0.1, 0.15) is 48.8 Å². The van der Waals surface area contributed by atoms with Crippen LogP contribution in [-0.2, 0) is 42.7 Å². The number of methoxy groups -OCH3 is 1. The highest BCUT2D eigenvalue weighted by Crippen LogP contribution is 2.31. The molecule has 0 aromatic rings. The number of nitrogens with one attached hydrogen (secondary N) is 1. The number of carbonyl (C=O) groups excluding carboxylic acids is 1. The first kappa shape index (κ1) is 107. The van der Waals surface area contributed by atoms with Crippen LogP contribution in [0.1, 0.15) is 200 Å². The number of esters is 1. The fourth-order valence-electron chi connectivity index (χ4n) is 9.92. The Hall–Kier alpha value is -2.13. The normalized spacial score (nSPS) is 21.6. The Morgan fingerprint density at radius 1 is 0.531 bits per heavy atom. The first-order valence-electron chi connectivity index (χ1n) is 35.6. The zero-order chi connectivity index (χ0) is 72.8. The molecule has 0 radical (unpaired) electrons. The molecule has 29 heteroatoms. The molecule has 594 valence electrons. The minimum atomic E-state index is -1.71. The molecule has 98 heavy (non-hydrogen) atoms. The van der Waals surface area contributed by atoms with Crippen LogP contribution in [0, 0.1) is 0 Å². The van der Waals surface area contributed by atoms with Gasteiger partial charge in [0, 0.05) is 60.0 Å². The standard InChI is InChI=1S/C31H56O13.C26H53NO5.C6H14O4.C4H12N2.2CH4O.2H2O/c1-20(16-14-12-10-8-6-4-3-5-7-9-11-13-15-17-23(34)40-2)41-31-29(27(38)25(36)22(19-33)43-31)44-30-28(39)26(37)24(35)21(18-32)42-30;1-27-20-16-18-25(30)17-14-12-10-8-6-4-2-3-5-7-9-11-13-15-23-31-26(19-21-28)32-24-22-29;7-2-1-6(5-9)10-4-3-8;1-6(2)4-3-5;2*1-2;;/h3-4,20-22,24-33,35-39H,5-19H2,1-2H3;2-3,25-30H,4-24H2,1H3;6-9H,1-5H2;3-5H2,1-2H3;2*2H,1H3;2*1H2/b4-3-;3-2-;;;;;;. The molecule has 2 heterocycles. The molecule has 2 rings (SSSR count). The van der Waals surface area contributed by atoms with Crippen LogP contribution in [0.3, 0.4) is 0 Å². The lowest BCUT2D eigenvalue weighted by molar-refractivity contribution is -0.371. The van der Waals surface area contributed by atoms with E-state index >= 15 is 0 Å². The summed E-state index contributed by atoms with van der Waals surface area (Å²) in [6.07, 6.45) is 24.4. The van der Waals surface area contributed by atoms with Crippen molar-refractivity contribution in [3.63, 3.8) is 0 Å². The second-order valence-corrected chi connectivity index (χ2v) is 24.0. The molecule has 0 amide bonds. The molecule has 14 atom stereocenters. The van der Waals surface area contributed by atoms with Gasteiger partial charge in [-0.1, -0.05) is 108 Å². The molecule has 0 spiro atoms. The van der Waals surface area contributed by atoms with E-state index in [1.807, 2.05) is 28.1 Å². The SMILES string of the molecule is CN(C)CCN.CNCCCC(O)CCCCCCC/C=C\CCCCCCCOC(CCO)OCCO.CO.CO.COC(=O)CCCCCCC/C=C\CCCCCCC(C)OC1OC(CO)C(O)C(O)C1OC1OC(CO)C(O)C(O)C1O.O.O.OCCOC(CO)CCO. The largest absolute Gasteiger partial charge is 0.469 e. The van der Waals surface area contributed by atoms with Gasteiger partial charge in [0.25, 0.3) is 0 Å². The highest BCUT2D eigenvalue weighted by atomic mass is 16.8. The van der Waals surface area contributed by atoms with Crippen LogP contribution in [0.5, 0.6) is 0 Å². The molecule has 0 aliphatic carbocycles. The summed E-state index contributed by atoms with van der Waals surface area (Å²) in [6, 6.07) is 0. The first-order valence-corrected chi connectivity index (χ1v) is 35.6. The number of aliphatic hydroxyl groups excluding tert-OH is 15. The van der Waals surface area contributed by atoms with Crippen LogP contribution in [0.4, 0.5) is 0 Å². The maximum atomic E-state index is 11.1. The Balaban J connectivity index is -0.000000341. The number of carbonyl (C=O) groups is 1. The predicted octanol–water partition coefficient (Wildman–Crippen LogP) is 1.34. The third-order valence-corrected chi connectivity index (χ3v) is 15.5. The third kappa shape index (κ3) is 62.4. The van der Waals surface area contributed by atoms with Crippen LogP contribution in [0.2, 0.25) is 0 Å². The van der Waals surface area contributed by atoms with Crippen molar-refractivity contribution < 1.29 is 130 Å². The topological polar surface area (TPSA) is 499 Å². The number of likely N-dealkylation sites (N-methyl/N-ethyl adjacent to an activating group) is 1. The fourth-order valence-corrected chi connectivity index (χ4v) is 9.92. The van der Waals surface area contributed by atoms with Crippen molar-refractivity contribution in [3.05, 3.63) is 24.3 Å². The molecule has 0 bridgehead atoms. The second kappa shape index (κ2) is 80.6. The fraction of sp³-hybridized carbons (Fsp3) is 0.928. The van der Waals surface area contributed by atoms with Gasteiger partial charge in [-0.2, -0.15) is 0 Å². The first-order chi connectivity index (χ1) is 46.5. The molecular weight excluding hydrogens is 1290 g/mol. The number of allylic oxidation sites excluding steroid dienone is 4. The summed E-state index contributed by atoms with van der Waals surface area (Å²) in [7, 11) is 9.39. The number of nitrogens with two attached hydrogens (primary N) is 1. The molecule has 2 aliphatic heterocycles. The molecule has 0 aromatic carbocycles. The lowest BCUT2D eigenvalue weighted by Gasteiger charge is -2.46. The number of nitrogens with zero attached hydrogens (tertiary/aromatic N) is 1. The van der Waals surface area contributed by atoms with E-state index in [-0.39, 0.29) is 81.5 Å². The molecule has 2 saturated heterocycles. The van der Waals surface area contributed by atoms with Crippen LogP contribution in [0.25, 0.3) is 0 Å². The number of ether oxygens (including phenoxy) is 8. The van der Waals surface area contributed by atoms with E-state index in [1.54, 1.807) is 0 Å². The van der Waals surface area contributed by atoms with Gasteiger partial charge in [-0.25, -0.2) is 0 Å². The highest BCUT2D eigenvalue weighted by molar-refractivity contribution is 5.68. The Labute approximate surface area is 588 Å². The monoisotopic (exact) mass is 1430 g/mol. The van der Waals surface area contributed by atoms with E-state index < -0.39 is 80.9 Å². The maximum absolute atomic E-state index is 11.1. The Kier molecular flexibility index (Phi) is 87.8. The van der Waals surface area contributed by atoms with Gasteiger partial charge in [0.05, 0.1) is 71.7 Å². The Bertz CT molecular complexity index is 1630. The molecule has 0 aromatic heterocycles. The summed E-state index contributed by atoms with van der Waals surface area (Å²) >= 11 is 0. The van der Waals surface area contributed by atoms with Crippen LogP contribution in [0.15, 0.2) is 24.3 Å². The van der Waals surface area contributed by atoms with Crippen molar-refractivity contribution in [2.24, 2.45) is 5.73 Å². The molecule has 2 aliphatic rings. The van der Waals surface area contributed by atoms with Gasteiger partial charge in [0.15, 0.2) is 18.9 Å². The van der Waals surface area contributed by atoms with E-state index in [2.05, 4.69) is 39.3 Å². The van der Waals surface area contributed by atoms with Crippen molar-refractivity contribution in [1.29, 1.82) is 0 Å². The van der Waals surface area contributed by atoms with Crippen molar-refractivity contribution in [2.45, 2.75) is 286 Å². The van der Waals surface area contributed by atoms with Crippen LogP contribution >= 0.6 is 0 Å². The van der Waals surface area contributed by atoms with Gasteiger partial charge < -0.3 is 141 Å². The molecule has 29 nitrogen and oxygen atoms in total. The van der Waals surface area contributed by atoms with E-state index in [4.69, 9.17) is 74.6 Å². The molecule has 0 saturated carbocycles. The van der Waals surface area contributed by atoms with E-state index in [1.165, 1.54) is 71.3 Å². The summed E-state index contributed by atoms with van der Waals surface area (Å²) in [6.45, 7) is 4.30. The van der Waals surface area contributed by atoms with Gasteiger partial charge in [-0.15, -0.1) is 0 Å². The Morgan fingerprint density at radius 2 is 0.969 bits per heavy atom. The van der Waals surface area contributed by atoms with E-state index in [0.717, 1.165) is 137 Å². The summed E-state index contributed by atoms with van der Waals surface area (Å²) in [5.41, 5.74) is 5.19. The van der Waals surface area contributed by atoms with Crippen LogP contribution in [-0.4, -0.2) is 313 Å². The second-order valence-electron chi connectivity index (χ2n) is 24.0. The number of rotatable bonds is 55. The van der Waals surface area contributed by atoms with E-state index in [0.29, 0.717) is 32.3 Å². The maximum Gasteiger partial charge on any atom is 0.305 e. The minimum absolute atomic E-state index is 0. The van der Waals surface area contributed by atoms with E-state index in [9.17, 15) is 45.6 Å². The van der Waals surface area contributed by atoms with Gasteiger partial charge >= 0.3 is 5.97 Å². The van der Waals surface area contributed by atoms with Gasteiger partial charge in [0.2, 0.25) is 0 Å². The number of hydrogen-bond acceptors (Lipinski definition) is 27. The quantitative estimate of drug-likeness (QED) is 0.0177. The van der Waals surface area contributed by atoms with Gasteiger partial charge in [-0.05, 0) is 131 Å². The highest BCUT2D eigenvalue weighted by Gasteiger charge is 2.51. The zero-order valence-electron chi connectivity index (χ0n) is 61.2. The number of hydrogen-bond donors (Lipinski definition) is 17. The average Bonchev–Trinajstić information content (AvgIpc) is 0.793. The zero-order valence-corrected chi connectivity index (χ0v) is 61.2. The number of unbranched alkanes of at least 4 members (excludes halogenated alkanes) is 19. The predicted molar refractivity (Wildman–Crippen MR) is 378 cm³/mol. The summed E-state index contributed by atoms with van der Waals surface area (Å²) < 4.78 is 43.3. The summed E-state index contributed by atoms with van der Waals surface area (Å²) in [5.74, 6) is -0.139. The lowest BCUT2D eigenvalue weighted by Crippen LogP contribution is -2.64. The molecule has 14 unspecified atom stereocenters. The lowest BCUT2D eigenvalue weighted by atomic mass is 9.97. The summed E-state index contributed by atoms with van der Waals surface area (Å²) in [4.78, 5) is 13.1. The van der Waals surface area contributed by atoms with Crippen molar-refractivity contribution in [2.75, 3.05) is 128 Å². The molecular formula is C69H147N3O26. The average molecular weight is 1430 g/mol. The molecule has 22 N–H and O–H groups in total. The minimum Gasteiger partial charge on any atom is -0.469 e. The summed E-state index contributed by atoms with van der Waals surface area (Å²) in [5, 5.41) is 141. The third-order valence-electron chi connectivity index (χ3n) is 15.5. The van der Waals surface area contributed by atoms with Crippen LogP contribution < -0.4 is 11.1 Å². The van der Waals surface area contributed by atoms with Crippen molar-refractivity contribution in [1.82, 2.24) is 10.2 Å². The smallest absolute Gasteiger partial charge is 0.305 e.